The Morgan fingerprint density at radius 1 is 1.39 bits per heavy atom. The quantitative estimate of drug-likeness (QED) is 0.853. The zero-order valence-electron chi connectivity index (χ0n) is 10.9. The molecule has 4 nitrogen and oxygen atoms in total. The van der Waals surface area contributed by atoms with Crippen LogP contribution in [0.3, 0.4) is 0 Å². The maximum absolute atomic E-state index is 12.9. The van der Waals surface area contributed by atoms with E-state index in [0.29, 0.717) is 12.4 Å². The van der Waals surface area contributed by atoms with Gasteiger partial charge in [0.1, 0.15) is 11.8 Å². The van der Waals surface area contributed by atoms with Crippen LogP contribution in [0.2, 0.25) is 0 Å². The molecule has 0 bridgehead atoms. The lowest BCUT2D eigenvalue weighted by Gasteiger charge is -2.20. The number of aromatic nitrogens is 2. The molecule has 0 fully saturated rings. The van der Waals surface area contributed by atoms with E-state index in [1.54, 1.807) is 0 Å². The first-order chi connectivity index (χ1) is 8.51. The van der Waals surface area contributed by atoms with Crippen molar-refractivity contribution in [3.05, 3.63) is 23.3 Å². The maximum Gasteiger partial charge on any atom is 0.280 e. The molecule has 0 spiro atoms. The lowest BCUT2D eigenvalue weighted by Crippen LogP contribution is -2.17. The Labute approximate surface area is 106 Å². The third-order valence-corrected chi connectivity index (χ3v) is 2.55. The van der Waals surface area contributed by atoms with Crippen LogP contribution in [0.15, 0.2) is 6.20 Å². The standard InChI is InChI=1S/C12H19F2N3O/c1-4-18-10(7(2)3)12-16-6-8(5-15)9(17-12)11(13)14/h6-7,10-11H,4-5,15H2,1-3H3. The van der Waals surface area contributed by atoms with E-state index in [1.807, 2.05) is 20.8 Å². The molecule has 0 aliphatic carbocycles. The van der Waals surface area contributed by atoms with Crippen LogP contribution in [0.5, 0.6) is 0 Å². The molecule has 102 valence electrons. The fourth-order valence-electron chi connectivity index (χ4n) is 1.66. The molecule has 1 unspecified atom stereocenters. The summed E-state index contributed by atoms with van der Waals surface area (Å²) in [6.45, 7) is 6.19. The molecule has 1 aromatic rings. The topological polar surface area (TPSA) is 61.0 Å². The van der Waals surface area contributed by atoms with Crippen molar-refractivity contribution in [1.82, 2.24) is 9.97 Å². The lowest BCUT2D eigenvalue weighted by atomic mass is 10.1. The summed E-state index contributed by atoms with van der Waals surface area (Å²) in [5.74, 6) is 0.401. The molecule has 0 radical (unpaired) electrons. The second-order valence-corrected chi connectivity index (χ2v) is 4.26. The Balaban J connectivity index is 3.12. The summed E-state index contributed by atoms with van der Waals surface area (Å²) in [4.78, 5) is 8.00. The van der Waals surface area contributed by atoms with Gasteiger partial charge in [-0.15, -0.1) is 0 Å². The van der Waals surface area contributed by atoms with Gasteiger partial charge in [-0.05, 0) is 12.8 Å². The van der Waals surface area contributed by atoms with E-state index in [0.717, 1.165) is 0 Å². The molecule has 1 atom stereocenters. The molecule has 0 amide bonds. The molecule has 6 heteroatoms. The Hall–Kier alpha value is -1.14. The van der Waals surface area contributed by atoms with Crippen LogP contribution in [0.25, 0.3) is 0 Å². The fourth-order valence-corrected chi connectivity index (χ4v) is 1.66. The van der Waals surface area contributed by atoms with Crippen molar-refractivity contribution in [1.29, 1.82) is 0 Å². The summed E-state index contributed by atoms with van der Waals surface area (Å²) in [7, 11) is 0. The Bertz CT molecular complexity index is 386. The van der Waals surface area contributed by atoms with Crippen LogP contribution in [-0.4, -0.2) is 16.6 Å². The number of nitrogens with two attached hydrogens (primary N) is 1. The fraction of sp³-hybridized carbons (Fsp3) is 0.667. The Morgan fingerprint density at radius 3 is 2.50 bits per heavy atom. The molecule has 0 aliphatic rings. The highest BCUT2D eigenvalue weighted by atomic mass is 19.3. The van der Waals surface area contributed by atoms with E-state index >= 15 is 0 Å². The minimum absolute atomic E-state index is 0.000926. The number of ether oxygens (including phenoxy) is 1. The molecule has 0 saturated heterocycles. The molecule has 0 aliphatic heterocycles. The van der Waals surface area contributed by atoms with Gasteiger partial charge >= 0.3 is 0 Å². The second kappa shape index (κ2) is 6.70. The predicted molar refractivity (Wildman–Crippen MR) is 64.1 cm³/mol. The normalized spacial score (nSPS) is 13.3. The van der Waals surface area contributed by atoms with Crippen molar-refractivity contribution in [3.8, 4) is 0 Å². The molecule has 1 heterocycles. The zero-order chi connectivity index (χ0) is 13.7. The van der Waals surface area contributed by atoms with Gasteiger partial charge < -0.3 is 10.5 Å². The van der Waals surface area contributed by atoms with Gasteiger partial charge in [0.15, 0.2) is 5.82 Å². The van der Waals surface area contributed by atoms with E-state index in [2.05, 4.69) is 9.97 Å². The van der Waals surface area contributed by atoms with Gasteiger partial charge in [-0.2, -0.15) is 0 Å². The summed E-state index contributed by atoms with van der Waals surface area (Å²) in [6.07, 6.45) is -1.67. The molecule has 1 rings (SSSR count). The lowest BCUT2D eigenvalue weighted by molar-refractivity contribution is 0.0223. The molecule has 1 aromatic heterocycles. The van der Waals surface area contributed by atoms with Crippen LogP contribution < -0.4 is 5.73 Å². The van der Waals surface area contributed by atoms with Crippen LogP contribution in [0, 0.1) is 5.92 Å². The number of nitrogens with zero attached hydrogens (tertiary/aromatic N) is 2. The van der Waals surface area contributed by atoms with Crippen molar-refractivity contribution in [2.75, 3.05) is 6.61 Å². The molecule has 18 heavy (non-hydrogen) atoms. The van der Waals surface area contributed by atoms with Crippen molar-refractivity contribution in [2.45, 2.75) is 39.8 Å². The summed E-state index contributed by atoms with van der Waals surface area (Å²) in [5, 5.41) is 0. The summed E-state index contributed by atoms with van der Waals surface area (Å²) >= 11 is 0. The minimum atomic E-state index is -2.65. The average molecular weight is 259 g/mol. The van der Waals surface area contributed by atoms with Crippen molar-refractivity contribution in [2.24, 2.45) is 11.7 Å². The van der Waals surface area contributed by atoms with Gasteiger partial charge in [-0.1, -0.05) is 13.8 Å². The van der Waals surface area contributed by atoms with Crippen molar-refractivity contribution in [3.63, 3.8) is 0 Å². The first kappa shape index (κ1) is 14.9. The van der Waals surface area contributed by atoms with Crippen molar-refractivity contribution >= 4 is 0 Å². The average Bonchev–Trinajstić information content (AvgIpc) is 2.34. The third kappa shape index (κ3) is 3.43. The highest BCUT2D eigenvalue weighted by molar-refractivity contribution is 5.19. The highest BCUT2D eigenvalue weighted by Crippen LogP contribution is 2.26. The van der Waals surface area contributed by atoms with Gasteiger partial charge in [0.25, 0.3) is 6.43 Å². The summed E-state index contributed by atoms with van der Waals surface area (Å²) in [6, 6.07) is 0. The van der Waals surface area contributed by atoms with E-state index < -0.39 is 6.43 Å². The largest absolute Gasteiger partial charge is 0.370 e. The van der Waals surface area contributed by atoms with Crippen molar-refractivity contribution < 1.29 is 13.5 Å². The number of alkyl halides is 2. The minimum Gasteiger partial charge on any atom is -0.370 e. The van der Waals surface area contributed by atoms with Gasteiger partial charge in [0, 0.05) is 24.9 Å². The van der Waals surface area contributed by atoms with Crippen LogP contribution in [0.4, 0.5) is 8.78 Å². The summed E-state index contributed by atoms with van der Waals surface area (Å²) in [5.41, 5.74) is 5.36. The van der Waals surface area contributed by atoms with Crippen LogP contribution in [-0.2, 0) is 11.3 Å². The van der Waals surface area contributed by atoms with E-state index in [4.69, 9.17) is 10.5 Å². The summed E-state index contributed by atoms with van der Waals surface area (Å²) < 4.78 is 31.2. The first-order valence-electron chi connectivity index (χ1n) is 5.96. The number of halogens is 2. The maximum atomic E-state index is 12.9. The number of rotatable bonds is 6. The van der Waals surface area contributed by atoms with Gasteiger partial charge in [0.05, 0.1) is 0 Å². The van der Waals surface area contributed by atoms with E-state index in [-0.39, 0.29) is 29.8 Å². The van der Waals surface area contributed by atoms with Crippen LogP contribution in [0.1, 0.15) is 50.4 Å². The highest BCUT2D eigenvalue weighted by Gasteiger charge is 2.23. The SMILES string of the molecule is CCOC(c1ncc(CN)c(C(F)F)n1)C(C)C. The zero-order valence-corrected chi connectivity index (χ0v) is 10.9. The molecular formula is C12H19F2N3O. The van der Waals surface area contributed by atoms with Gasteiger partial charge in [-0.3, -0.25) is 0 Å². The Kier molecular flexibility index (Phi) is 5.55. The first-order valence-corrected chi connectivity index (χ1v) is 5.96. The molecular weight excluding hydrogens is 240 g/mol. The number of hydrogen-bond acceptors (Lipinski definition) is 4. The van der Waals surface area contributed by atoms with E-state index in [1.165, 1.54) is 6.20 Å². The van der Waals surface area contributed by atoms with E-state index in [9.17, 15) is 8.78 Å². The third-order valence-electron chi connectivity index (χ3n) is 2.55. The van der Waals surface area contributed by atoms with Gasteiger partial charge in [0.2, 0.25) is 0 Å². The van der Waals surface area contributed by atoms with Crippen LogP contribution >= 0.6 is 0 Å². The second-order valence-electron chi connectivity index (χ2n) is 4.26. The number of hydrogen-bond donors (Lipinski definition) is 1. The Morgan fingerprint density at radius 2 is 2.06 bits per heavy atom. The molecule has 2 N–H and O–H groups in total. The van der Waals surface area contributed by atoms with Gasteiger partial charge in [-0.25, -0.2) is 18.7 Å². The molecule has 0 saturated carbocycles. The molecule has 0 aromatic carbocycles. The smallest absolute Gasteiger partial charge is 0.280 e. The monoisotopic (exact) mass is 259 g/mol. The predicted octanol–water partition coefficient (Wildman–Crippen LogP) is 2.61.